The molecule has 0 fully saturated rings. The van der Waals surface area contributed by atoms with E-state index >= 15 is 0 Å². The van der Waals surface area contributed by atoms with Crippen LogP contribution in [0.5, 0.6) is 11.5 Å². The average molecular weight is 498 g/mol. The number of rotatable bonds is 8. The van der Waals surface area contributed by atoms with E-state index in [0.717, 1.165) is 5.56 Å². The van der Waals surface area contributed by atoms with Gasteiger partial charge in [0.25, 0.3) is 0 Å². The fraction of sp³-hybridized carbons (Fsp3) is 0.300. The van der Waals surface area contributed by atoms with Gasteiger partial charge in [0.1, 0.15) is 11.9 Å². The molecule has 0 spiro atoms. The predicted octanol–water partition coefficient (Wildman–Crippen LogP) is -6.43. The van der Waals surface area contributed by atoms with Gasteiger partial charge in [-0.25, -0.2) is 0 Å². The van der Waals surface area contributed by atoms with Crippen LogP contribution in [-0.2, 0) is 16.0 Å². The largest absolute Gasteiger partial charge is 1.00 e. The van der Waals surface area contributed by atoms with Gasteiger partial charge in [-0.1, -0.05) is 29.8 Å². The molecular formula is C20H18ClK2NO7. The van der Waals surface area contributed by atoms with E-state index in [1.165, 1.54) is 12.1 Å². The molecule has 0 aliphatic carbocycles. The maximum absolute atomic E-state index is 11.2. The number of aliphatic carboxylic acids is 2. The molecule has 2 atom stereocenters. The van der Waals surface area contributed by atoms with Crippen molar-refractivity contribution >= 4 is 23.5 Å². The number of carboxylic acid groups (broad SMARTS) is 2. The third kappa shape index (κ3) is 7.22. The van der Waals surface area contributed by atoms with Gasteiger partial charge in [-0.05, 0) is 48.7 Å². The van der Waals surface area contributed by atoms with Gasteiger partial charge in [-0.3, -0.25) is 0 Å². The number of benzene rings is 2. The van der Waals surface area contributed by atoms with Gasteiger partial charge >= 0.3 is 109 Å². The van der Waals surface area contributed by atoms with Crippen LogP contribution in [0.3, 0.4) is 0 Å². The van der Waals surface area contributed by atoms with Crippen molar-refractivity contribution in [3.8, 4) is 11.5 Å². The van der Waals surface area contributed by atoms with Crippen LogP contribution in [0.15, 0.2) is 42.5 Å². The second kappa shape index (κ2) is 12.8. The number of fused-ring (bicyclic) bond motifs is 1. The van der Waals surface area contributed by atoms with Crippen molar-refractivity contribution in [2.24, 2.45) is 0 Å². The van der Waals surface area contributed by atoms with Crippen LogP contribution in [0.1, 0.15) is 24.2 Å². The average Bonchev–Trinajstić information content (AvgIpc) is 3.06. The maximum atomic E-state index is 11.2. The zero-order valence-electron chi connectivity index (χ0n) is 17.4. The van der Waals surface area contributed by atoms with Gasteiger partial charge in [-0.15, -0.1) is 0 Å². The van der Waals surface area contributed by atoms with E-state index in [2.05, 4.69) is 5.32 Å². The Morgan fingerprint density at radius 3 is 2.35 bits per heavy atom. The van der Waals surface area contributed by atoms with E-state index in [1.807, 2.05) is 6.92 Å². The number of halogens is 1. The van der Waals surface area contributed by atoms with Crippen molar-refractivity contribution in [2.45, 2.75) is 31.3 Å². The fourth-order valence-corrected chi connectivity index (χ4v) is 3.19. The Kier molecular flexibility index (Phi) is 12.2. The van der Waals surface area contributed by atoms with E-state index in [0.29, 0.717) is 23.6 Å². The number of aliphatic hydroxyl groups excluding tert-OH is 1. The summed E-state index contributed by atoms with van der Waals surface area (Å²) >= 11 is 5.93. The van der Waals surface area contributed by atoms with Crippen LogP contribution in [0.4, 0.5) is 0 Å². The molecule has 0 amide bonds. The van der Waals surface area contributed by atoms with Gasteiger partial charge in [0.15, 0.2) is 11.5 Å². The first-order valence-corrected chi connectivity index (χ1v) is 9.20. The molecule has 1 aliphatic rings. The third-order valence-corrected chi connectivity index (χ3v) is 4.72. The van der Waals surface area contributed by atoms with Gasteiger partial charge in [-0.2, -0.15) is 0 Å². The quantitative estimate of drug-likeness (QED) is 0.272. The van der Waals surface area contributed by atoms with Crippen LogP contribution in [0, 0.1) is 0 Å². The van der Waals surface area contributed by atoms with Gasteiger partial charge in [0.05, 0.1) is 6.10 Å². The molecule has 0 radical (unpaired) electrons. The predicted molar refractivity (Wildman–Crippen MR) is 98.0 cm³/mol. The molecule has 154 valence electrons. The first-order chi connectivity index (χ1) is 13.7. The normalized spacial score (nSPS) is 15.2. The van der Waals surface area contributed by atoms with Crippen LogP contribution in [0.2, 0.25) is 5.02 Å². The number of ether oxygens (including phenoxy) is 2. The maximum Gasteiger partial charge on any atom is 1.00 e. The zero-order valence-corrected chi connectivity index (χ0v) is 24.4. The van der Waals surface area contributed by atoms with Crippen molar-refractivity contribution in [3.63, 3.8) is 0 Å². The molecule has 8 nitrogen and oxygen atoms in total. The van der Waals surface area contributed by atoms with Crippen LogP contribution in [0.25, 0.3) is 0 Å². The van der Waals surface area contributed by atoms with Gasteiger partial charge in [0.2, 0.25) is 0 Å². The van der Waals surface area contributed by atoms with E-state index in [9.17, 15) is 24.9 Å². The van der Waals surface area contributed by atoms with Crippen molar-refractivity contribution < 1.29 is 137 Å². The summed E-state index contributed by atoms with van der Waals surface area (Å²) in [5.41, 5.74) is 1.44. The second-order valence-electron chi connectivity index (χ2n) is 6.76. The summed E-state index contributed by atoms with van der Waals surface area (Å²) in [7, 11) is 0. The number of hydrogen-bond donors (Lipinski definition) is 2. The molecule has 31 heavy (non-hydrogen) atoms. The molecule has 0 aromatic heterocycles. The summed E-state index contributed by atoms with van der Waals surface area (Å²) in [5, 5.41) is 36.3. The Morgan fingerprint density at radius 2 is 1.74 bits per heavy atom. The third-order valence-electron chi connectivity index (χ3n) is 4.49. The first-order valence-electron chi connectivity index (χ1n) is 8.82. The summed E-state index contributed by atoms with van der Waals surface area (Å²) in [6, 6.07) is 11.5. The molecule has 3 rings (SSSR count). The molecule has 2 aromatic rings. The van der Waals surface area contributed by atoms with E-state index in [1.54, 1.807) is 30.3 Å². The molecule has 0 unspecified atom stereocenters. The minimum absolute atomic E-state index is 0. The number of carbonyl (C=O) groups is 2. The molecule has 2 aromatic carbocycles. The smallest absolute Gasteiger partial charge is 0.542 e. The Labute approximate surface area is 269 Å². The Morgan fingerprint density at radius 1 is 1.10 bits per heavy atom. The SMILES string of the molecule is C[C@@H](Cc1ccc2c(c1)OC(C(=O)[O-])(C(=O)[O-])O2)NC[C@@H](O)c1cccc(Cl)c1.[K+].[K+]. The van der Waals surface area contributed by atoms with Gasteiger partial charge < -0.3 is 39.7 Å². The first kappa shape index (κ1) is 29.5. The van der Waals surface area contributed by atoms with Crippen LogP contribution >= 0.6 is 11.6 Å². The zero-order chi connectivity index (χ0) is 21.2. The van der Waals surface area contributed by atoms with Crippen molar-refractivity contribution in [1.29, 1.82) is 0 Å². The summed E-state index contributed by atoms with van der Waals surface area (Å²) in [4.78, 5) is 22.3. The van der Waals surface area contributed by atoms with Crippen LogP contribution in [-0.4, -0.2) is 35.4 Å². The summed E-state index contributed by atoms with van der Waals surface area (Å²) < 4.78 is 9.90. The molecule has 1 aliphatic heterocycles. The molecule has 0 saturated heterocycles. The summed E-state index contributed by atoms with van der Waals surface area (Å²) in [6.07, 6.45) is -0.234. The topological polar surface area (TPSA) is 131 Å². The minimum atomic E-state index is -2.99. The van der Waals surface area contributed by atoms with E-state index in [-0.39, 0.29) is 120 Å². The molecule has 11 heteroatoms. The molecular weight excluding hydrogens is 480 g/mol. The number of nitrogens with one attached hydrogen (secondary N) is 1. The minimum Gasteiger partial charge on any atom is -0.542 e. The second-order valence-corrected chi connectivity index (χ2v) is 7.20. The Bertz CT molecular complexity index is 929. The monoisotopic (exact) mass is 497 g/mol. The fourth-order valence-electron chi connectivity index (χ4n) is 2.99. The van der Waals surface area contributed by atoms with Crippen LogP contribution < -0.4 is 128 Å². The Balaban J connectivity index is 0.00000240. The summed E-state index contributed by atoms with van der Waals surface area (Å²) in [6.45, 7) is 2.20. The number of carboxylic acids is 2. The van der Waals surface area contributed by atoms with Crippen molar-refractivity contribution in [2.75, 3.05) is 6.54 Å². The Hall–Kier alpha value is 0.463. The molecule has 2 N–H and O–H groups in total. The molecule has 0 bridgehead atoms. The number of carbonyl (C=O) groups excluding carboxylic acids is 2. The molecule has 0 saturated carbocycles. The number of hydrogen-bond acceptors (Lipinski definition) is 8. The standard InChI is InChI=1S/C20H20ClNO7.2K/c1-11(22-10-15(23)13-3-2-4-14(21)9-13)7-12-5-6-16-17(8-12)29-20(28-16,18(24)25)19(26)27;;/h2-6,8-9,11,15,22-23H,7,10H2,1H3,(H,24,25)(H,26,27);;/q;2*+1/p-2/t11-,15+;;/m0../s1. The van der Waals surface area contributed by atoms with E-state index < -0.39 is 23.8 Å². The molecule has 1 heterocycles. The summed E-state index contributed by atoms with van der Waals surface area (Å²) in [5.74, 6) is -7.16. The van der Waals surface area contributed by atoms with Crippen molar-refractivity contribution in [1.82, 2.24) is 5.32 Å². The number of aliphatic hydroxyl groups is 1. The van der Waals surface area contributed by atoms with E-state index in [4.69, 9.17) is 21.1 Å². The van der Waals surface area contributed by atoms with Gasteiger partial charge in [0, 0.05) is 17.6 Å². The van der Waals surface area contributed by atoms with Crippen molar-refractivity contribution in [3.05, 3.63) is 58.6 Å².